The average Bonchev–Trinajstić information content (AvgIpc) is 2.26. The van der Waals surface area contributed by atoms with Crippen molar-refractivity contribution >= 4 is 6.47 Å². The molecular formula is C13H22O2. The molecule has 0 radical (unpaired) electrons. The van der Waals surface area contributed by atoms with Crippen molar-refractivity contribution in [3.8, 4) is 0 Å². The Kier molecular flexibility index (Phi) is 12.0. The fourth-order valence-electron chi connectivity index (χ4n) is 1.19. The Labute approximate surface area is 93.0 Å². The number of hydrogen-bond donors (Lipinski definition) is 0. The zero-order chi connectivity index (χ0) is 11.2. The van der Waals surface area contributed by atoms with E-state index >= 15 is 0 Å². The molecule has 86 valence electrons. The first kappa shape index (κ1) is 13.9. The molecule has 2 nitrogen and oxygen atoms in total. The van der Waals surface area contributed by atoms with Gasteiger partial charge in [0.15, 0.2) is 0 Å². The highest BCUT2D eigenvalue weighted by Gasteiger charge is 1.82. The van der Waals surface area contributed by atoms with Gasteiger partial charge in [-0.05, 0) is 25.7 Å². The quantitative estimate of drug-likeness (QED) is 0.312. The third kappa shape index (κ3) is 12.9. The molecule has 0 atom stereocenters. The zero-order valence-electron chi connectivity index (χ0n) is 9.65. The van der Waals surface area contributed by atoms with Gasteiger partial charge < -0.3 is 4.74 Å². The molecule has 0 spiro atoms. The molecule has 0 aromatic carbocycles. The summed E-state index contributed by atoms with van der Waals surface area (Å²) in [5.41, 5.74) is 0. The number of unbranched alkanes of at least 4 members (excludes halogenated alkanes) is 4. The van der Waals surface area contributed by atoms with Crippen LogP contribution in [0.25, 0.3) is 0 Å². The lowest BCUT2D eigenvalue weighted by molar-refractivity contribution is -0.127. The lowest BCUT2D eigenvalue weighted by Crippen LogP contribution is -1.85. The second kappa shape index (κ2) is 12.9. The van der Waals surface area contributed by atoms with Crippen molar-refractivity contribution in [1.82, 2.24) is 0 Å². The number of allylic oxidation sites excluding steroid dienone is 3. The summed E-state index contributed by atoms with van der Waals surface area (Å²) in [7, 11) is 0. The molecule has 0 rings (SSSR count). The molecule has 0 unspecified atom stereocenters. The maximum Gasteiger partial charge on any atom is 0.293 e. The van der Waals surface area contributed by atoms with Crippen LogP contribution in [0.15, 0.2) is 24.3 Å². The Hall–Kier alpha value is -1.05. The van der Waals surface area contributed by atoms with Gasteiger partial charge in [-0.1, -0.05) is 44.1 Å². The second-order valence-corrected chi connectivity index (χ2v) is 3.45. The molecule has 0 aromatic heterocycles. The van der Waals surface area contributed by atoms with E-state index in [9.17, 15) is 4.79 Å². The highest BCUT2D eigenvalue weighted by molar-refractivity contribution is 5.37. The molecule has 2 heteroatoms. The molecule has 0 heterocycles. The van der Waals surface area contributed by atoms with E-state index < -0.39 is 0 Å². The molecule has 15 heavy (non-hydrogen) atoms. The van der Waals surface area contributed by atoms with E-state index in [1.165, 1.54) is 25.7 Å². The van der Waals surface area contributed by atoms with E-state index in [-0.39, 0.29) is 0 Å². The topological polar surface area (TPSA) is 26.3 Å². The van der Waals surface area contributed by atoms with Gasteiger partial charge in [0.2, 0.25) is 0 Å². The number of ether oxygens (including phenoxy) is 1. The highest BCUT2D eigenvalue weighted by Crippen LogP contribution is 2.01. The van der Waals surface area contributed by atoms with E-state index in [0.717, 1.165) is 12.8 Å². The Balaban J connectivity index is 3.13. The first-order chi connectivity index (χ1) is 7.41. The van der Waals surface area contributed by atoms with Crippen molar-refractivity contribution in [2.24, 2.45) is 0 Å². The van der Waals surface area contributed by atoms with Crippen LogP contribution < -0.4 is 0 Å². The standard InChI is InChI=1S/C13H22O2/c1-2-3-4-5-6-7-8-9-10-11-12-15-13-14/h5-6,10-11,13H,2-4,7-9,12H2,1H3/b6-5-,11-10+. The number of carbonyl (C=O) groups excluding carboxylic acids is 1. The molecule has 0 aliphatic rings. The van der Waals surface area contributed by atoms with E-state index in [1.54, 1.807) is 0 Å². The van der Waals surface area contributed by atoms with Gasteiger partial charge in [0.25, 0.3) is 6.47 Å². The van der Waals surface area contributed by atoms with Gasteiger partial charge in [-0.15, -0.1) is 0 Å². The fourth-order valence-corrected chi connectivity index (χ4v) is 1.19. The Morgan fingerprint density at radius 3 is 2.13 bits per heavy atom. The Bertz CT molecular complexity index is 183. The smallest absolute Gasteiger partial charge is 0.293 e. The van der Waals surface area contributed by atoms with Crippen LogP contribution in [0.5, 0.6) is 0 Å². The van der Waals surface area contributed by atoms with Gasteiger partial charge in [-0.2, -0.15) is 0 Å². The molecule has 0 aliphatic carbocycles. The van der Waals surface area contributed by atoms with Gasteiger partial charge in [0, 0.05) is 0 Å². The SMILES string of the molecule is CCCC/C=C\CCC/C=C/COC=O. The molecule has 0 saturated carbocycles. The molecule has 0 aliphatic heterocycles. The van der Waals surface area contributed by atoms with Crippen molar-refractivity contribution in [1.29, 1.82) is 0 Å². The van der Waals surface area contributed by atoms with Crippen LogP contribution in [0.1, 0.15) is 45.4 Å². The lowest BCUT2D eigenvalue weighted by Gasteiger charge is -1.92. The minimum Gasteiger partial charge on any atom is -0.464 e. The molecular weight excluding hydrogens is 188 g/mol. The lowest BCUT2D eigenvalue weighted by atomic mass is 10.2. The molecule has 0 aromatic rings. The van der Waals surface area contributed by atoms with Crippen LogP contribution in [0.4, 0.5) is 0 Å². The summed E-state index contributed by atoms with van der Waals surface area (Å²) < 4.78 is 4.52. The Morgan fingerprint density at radius 1 is 0.933 bits per heavy atom. The molecule has 0 saturated heterocycles. The monoisotopic (exact) mass is 210 g/mol. The van der Waals surface area contributed by atoms with Crippen LogP contribution in [0.3, 0.4) is 0 Å². The molecule has 0 N–H and O–H groups in total. The molecule has 0 amide bonds. The predicted octanol–water partition coefficient (Wildman–Crippen LogP) is 3.63. The van der Waals surface area contributed by atoms with Crippen molar-refractivity contribution < 1.29 is 9.53 Å². The maximum absolute atomic E-state index is 9.80. The van der Waals surface area contributed by atoms with Crippen LogP contribution in [-0.4, -0.2) is 13.1 Å². The van der Waals surface area contributed by atoms with E-state index in [0.29, 0.717) is 13.1 Å². The van der Waals surface area contributed by atoms with Crippen LogP contribution in [-0.2, 0) is 9.53 Å². The maximum atomic E-state index is 9.80. The zero-order valence-corrected chi connectivity index (χ0v) is 9.65. The van der Waals surface area contributed by atoms with E-state index in [1.807, 2.05) is 6.08 Å². The van der Waals surface area contributed by atoms with Crippen molar-refractivity contribution in [3.05, 3.63) is 24.3 Å². The number of hydrogen-bond acceptors (Lipinski definition) is 2. The first-order valence-corrected chi connectivity index (χ1v) is 5.77. The summed E-state index contributed by atoms with van der Waals surface area (Å²) in [6, 6.07) is 0. The van der Waals surface area contributed by atoms with Crippen LogP contribution >= 0.6 is 0 Å². The van der Waals surface area contributed by atoms with Gasteiger partial charge in [0.1, 0.15) is 6.61 Å². The second-order valence-electron chi connectivity index (χ2n) is 3.45. The highest BCUT2D eigenvalue weighted by atomic mass is 16.5. The van der Waals surface area contributed by atoms with Crippen molar-refractivity contribution in [2.45, 2.75) is 45.4 Å². The normalized spacial score (nSPS) is 11.3. The minimum atomic E-state index is 0.399. The van der Waals surface area contributed by atoms with Gasteiger partial charge in [-0.25, -0.2) is 0 Å². The van der Waals surface area contributed by atoms with Crippen molar-refractivity contribution in [2.75, 3.05) is 6.61 Å². The van der Waals surface area contributed by atoms with Gasteiger partial charge in [0.05, 0.1) is 0 Å². The summed E-state index contributed by atoms with van der Waals surface area (Å²) in [5, 5.41) is 0. The average molecular weight is 210 g/mol. The van der Waals surface area contributed by atoms with Crippen molar-refractivity contribution in [3.63, 3.8) is 0 Å². The summed E-state index contributed by atoms with van der Waals surface area (Å²) in [6.07, 6.45) is 15.6. The summed E-state index contributed by atoms with van der Waals surface area (Å²) in [4.78, 5) is 9.80. The predicted molar refractivity (Wildman–Crippen MR) is 63.7 cm³/mol. The fraction of sp³-hybridized carbons (Fsp3) is 0.615. The summed E-state index contributed by atoms with van der Waals surface area (Å²) >= 11 is 0. The Morgan fingerprint density at radius 2 is 1.53 bits per heavy atom. The largest absolute Gasteiger partial charge is 0.464 e. The van der Waals surface area contributed by atoms with Crippen LogP contribution in [0.2, 0.25) is 0 Å². The minimum absolute atomic E-state index is 0.399. The number of rotatable bonds is 10. The third-order valence-electron chi connectivity index (χ3n) is 2.06. The van der Waals surface area contributed by atoms with Gasteiger partial charge in [-0.3, -0.25) is 4.79 Å². The van der Waals surface area contributed by atoms with Gasteiger partial charge >= 0.3 is 0 Å². The first-order valence-electron chi connectivity index (χ1n) is 5.77. The van der Waals surface area contributed by atoms with E-state index in [4.69, 9.17) is 0 Å². The molecule has 0 bridgehead atoms. The number of carbonyl (C=O) groups is 1. The van der Waals surface area contributed by atoms with Crippen LogP contribution in [0, 0.1) is 0 Å². The summed E-state index contributed by atoms with van der Waals surface area (Å²) in [6.45, 7) is 3.08. The van der Waals surface area contributed by atoms with E-state index in [2.05, 4.69) is 29.9 Å². The summed E-state index contributed by atoms with van der Waals surface area (Å²) in [5.74, 6) is 0. The third-order valence-corrected chi connectivity index (χ3v) is 2.06. The molecule has 0 fully saturated rings.